The van der Waals surface area contributed by atoms with E-state index in [0.29, 0.717) is 0 Å². The molecule has 1 aromatic rings. The fourth-order valence-corrected chi connectivity index (χ4v) is 4.58. The topological polar surface area (TPSA) is 98.5 Å². The van der Waals surface area contributed by atoms with Crippen LogP contribution in [0.1, 0.15) is 37.8 Å². The van der Waals surface area contributed by atoms with E-state index < -0.39 is 33.5 Å². The summed E-state index contributed by atoms with van der Waals surface area (Å²) in [4.78, 5) is 12.2. The number of rotatable bonds is 5. The van der Waals surface area contributed by atoms with E-state index in [2.05, 4.69) is 5.32 Å². The van der Waals surface area contributed by atoms with E-state index in [1.807, 2.05) is 0 Å². The van der Waals surface area contributed by atoms with Crippen LogP contribution in [0.3, 0.4) is 0 Å². The van der Waals surface area contributed by atoms with Crippen LogP contribution < -0.4 is 11.1 Å². The quantitative estimate of drug-likeness (QED) is 0.714. The summed E-state index contributed by atoms with van der Waals surface area (Å²) < 4.78 is 71.3. The lowest BCUT2D eigenvalue weighted by Gasteiger charge is -2.31. The van der Waals surface area contributed by atoms with E-state index in [1.165, 1.54) is 32.9 Å². The van der Waals surface area contributed by atoms with E-state index in [1.54, 1.807) is 0 Å². The van der Waals surface area contributed by atoms with Crippen LogP contribution in [0.4, 0.5) is 13.2 Å². The zero-order valence-corrected chi connectivity index (χ0v) is 16.4. The van der Waals surface area contributed by atoms with Gasteiger partial charge in [-0.05, 0) is 25.5 Å². The molecule has 28 heavy (non-hydrogen) atoms. The molecule has 1 aliphatic rings. The predicted molar refractivity (Wildman–Crippen MR) is 97.3 cm³/mol. The molecule has 154 valence electrons. The highest BCUT2D eigenvalue weighted by molar-refractivity contribution is 7.95. The fraction of sp³-hybridized carbons (Fsp3) is 0.389. The Morgan fingerprint density at radius 2 is 1.86 bits per heavy atom. The third kappa shape index (κ3) is 4.01. The summed E-state index contributed by atoms with van der Waals surface area (Å²) in [5.74, 6) is -3.12. The Morgan fingerprint density at radius 1 is 1.25 bits per heavy atom. The number of allylic oxidation sites excluding steroid dienone is 2. The normalized spacial score (nSPS) is 18.1. The Balaban J connectivity index is 2.88. The number of esters is 1. The first kappa shape index (κ1) is 21.8. The SMILES string of the molecule is CCOC(=O)C1=C(N)NC(C)=C(S(=O)(=O)CC)C1c1ccccc1C(F)(F)F. The first-order valence-electron chi connectivity index (χ1n) is 8.49. The molecule has 0 bridgehead atoms. The average Bonchev–Trinajstić information content (AvgIpc) is 2.60. The molecule has 0 fully saturated rings. The number of ether oxygens (including phenoxy) is 1. The second kappa shape index (κ2) is 7.86. The summed E-state index contributed by atoms with van der Waals surface area (Å²) >= 11 is 0. The van der Waals surface area contributed by atoms with Crippen molar-refractivity contribution in [3.8, 4) is 0 Å². The van der Waals surface area contributed by atoms with Gasteiger partial charge in [-0.1, -0.05) is 25.1 Å². The van der Waals surface area contributed by atoms with Crippen LogP contribution in [0.15, 0.2) is 46.3 Å². The van der Waals surface area contributed by atoms with E-state index in [4.69, 9.17) is 10.5 Å². The molecule has 1 unspecified atom stereocenters. The van der Waals surface area contributed by atoms with E-state index in [0.717, 1.165) is 12.1 Å². The van der Waals surface area contributed by atoms with Crippen molar-refractivity contribution in [1.82, 2.24) is 5.32 Å². The molecule has 3 N–H and O–H groups in total. The summed E-state index contributed by atoms with van der Waals surface area (Å²) in [6, 6.07) is 4.51. The highest BCUT2D eigenvalue weighted by atomic mass is 32.2. The molecule has 1 heterocycles. The molecule has 6 nitrogen and oxygen atoms in total. The minimum absolute atomic E-state index is 0.0538. The van der Waals surface area contributed by atoms with Crippen molar-refractivity contribution in [3.63, 3.8) is 0 Å². The number of carbonyl (C=O) groups excluding carboxylic acids is 1. The van der Waals surface area contributed by atoms with Crippen LogP contribution in [0.25, 0.3) is 0 Å². The van der Waals surface area contributed by atoms with Crippen molar-refractivity contribution in [2.75, 3.05) is 12.4 Å². The molecule has 0 saturated carbocycles. The maximum atomic E-state index is 13.6. The van der Waals surface area contributed by atoms with Crippen LogP contribution in [0, 0.1) is 0 Å². The number of nitrogens with two attached hydrogens (primary N) is 1. The number of carbonyl (C=O) groups is 1. The minimum Gasteiger partial charge on any atom is -0.463 e. The maximum absolute atomic E-state index is 13.6. The summed E-state index contributed by atoms with van der Waals surface area (Å²) in [5.41, 5.74) is 4.16. The second-order valence-corrected chi connectivity index (χ2v) is 8.33. The third-order valence-electron chi connectivity index (χ3n) is 4.32. The van der Waals surface area contributed by atoms with Crippen molar-refractivity contribution >= 4 is 15.8 Å². The number of nitrogens with one attached hydrogen (secondary N) is 1. The maximum Gasteiger partial charge on any atom is 0.416 e. The van der Waals surface area contributed by atoms with Crippen LogP contribution >= 0.6 is 0 Å². The predicted octanol–water partition coefficient (Wildman–Crippen LogP) is 2.79. The van der Waals surface area contributed by atoms with Crippen molar-refractivity contribution in [3.05, 3.63) is 57.4 Å². The van der Waals surface area contributed by atoms with Crippen LogP contribution in [-0.4, -0.2) is 26.7 Å². The van der Waals surface area contributed by atoms with Gasteiger partial charge in [0.1, 0.15) is 5.82 Å². The van der Waals surface area contributed by atoms with Crippen molar-refractivity contribution in [2.45, 2.75) is 32.9 Å². The molecule has 0 spiro atoms. The first-order chi connectivity index (χ1) is 13.0. The van der Waals surface area contributed by atoms with E-state index in [-0.39, 0.29) is 39.9 Å². The smallest absolute Gasteiger partial charge is 0.416 e. The number of hydrogen-bond acceptors (Lipinski definition) is 6. The average molecular weight is 418 g/mol. The van der Waals surface area contributed by atoms with Gasteiger partial charge >= 0.3 is 12.1 Å². The Bertz CT molecular complexity index is 950. The van der Waals surface area contributed by atoms with Crippen molar-refractivity contribution in [2.24, 2.45) is 5.73 Å². The van der Waals surface area contributed by atoms with Gasteiger partial charge in [0.25, 0.3) is 0 Å². The lowest BCUT2D eigenvalue weighted by molar-refractivity contribution is -0.140. The number of alkyl halides is 3. The molecule has 1 atom stereocenters. The van der Waals surface area contributed by atoms with Gasteiger partial charge in [-0.3, -0.25) is 0 Å². The zero-order chi connectivity index (χ0) is 21.3. The Hall–Kier alpha value is -2.49. The Labute approximate surface area is 161 Å². The van der Waals surface area contributed by atoms with Crippen LogP contribution in [-0.2, 0) is 25.5 Å². The third-order valence-corrected chi connectivity index (χ3v) is 6.29. The monoisotopic (exact) mass is 418 g/mol. The van der Waals surface area contributed by atoms with Gasteiger partial charge in [0.2, 0.25) is 0 Å². The van der Waals surface area contributed by atoms with Gasteiger partial charge in [0.05, 0.1) is 34.3 Å². The highest BCUT2D eigenvalue weighted by Gasteiger charge is 2.44. The van der Waals surface area contributed by atoms with Crippen molar-refractivity contribution in [1.29, 1.82) is 0 Å². The Morgan fingerprint density at radius 3 is 2.39 bits per heavy atom. The van der Waals surface area contributed by atoms with Crippen molar-refractivity contribution < 1.29 is 31.1 Å². The van der Waals surface area contributed by atoms with Crippen LogP contribution in [0.2, 0.25) is 0 Å². The molecule has 10 heteroatoms. The van der Waals surface area contributed by atoms with Gasteiger partial charge in [0.15, 0.2) is 9.84 Å². The summed E-state index contributed by atoms with van der Waals surface area (Å²) in [7, 11) is -3.98. The van der Waals surface area contributed by atoms with Crippen LogP contribution in [0.5, 0.6) is 0 Å². The largest absolute Gasteiger partial charge is 0.463 e. The fourth-order valence-electron chi connectivity index (χ4n) is 3.14. The van der Waals surface area contributed by atoms with Gasteiger partial charge in [-0.15, -0.1) is 0 Å². The van der Waals surface area contributed by atoms with Gasteiger partial charge in [-0.25, -0.2) is 13.2 Å². The first-order valence-corrected chi connectivity index (χ1v) is 10.1. The highest BCUT2D eigenvalue weighted by Crippen LogP contribution is 2.45. The molecule has 0 radical (unpaired) electrons. The molecule has 1 aromatic carbocycles. The molecule has 0 amide bonds. The molecular weight excluding hydrogens is 397 g/mol. The lowest BCUT2D eigenvalue weighted by Crippen LogP contribution is -2.36. The molecule has 1 aliphatic heterocycles. The molecule has 0 aliphatic carbocycles. The van der Waals surface area contributed by atoms with E-state index in [9.17, 15) is 26.4 Å². The summed E-state index contributed by atoms with van der Waals surface area (Å²) in [6.07, 6.45) is -4.76. The molecular formula is C18H21F3N2O4S. The minimum atomic E-state index is -4.76. The number of benzene rings is 1. The molecule has 0 aromatic heterocycles. The standard InChI is InChI=1S/C18H21F3N2O4S/c1-4-27-17(24)14-13(11-8-6-7-9-12(11)18(19,20)21)15(28(25,26)5-2)10(3)23-16(14)22/h6-9,13,23H,4-5,22H2,1-3H3. The lowest BCUT2D eigenvalue weighted by atomic mass is 9.84. The second-order valence-electron chi connectivity index (χ2n) is 6.08. The molecule has 2 rings (SSSR count). The zero-order valence-electron chi connectivity index (χ0n) is 15.6. The molecule has 0 saturated heterocycles. The number of sulfone groups is 1. The number of hydrogen-bond donors (Lipinski definition) is 2. The van der Waals surface area contributed by atoms with Gasteiger partial charge in [0, 0.05) is 5.70 Å². The number of halogens is 3. The summed E-state index contributed by atoms with van der Waals surface area (Å²) in [6.45, 7) is 4.23. The van der Waals surface area contributed by atoms with E-state index >= 15 is 0 Å². The van der Waals surface area contributed by atoms with Gasteiger partial charge < -0.3 is 15.8 Å². The number of dihydropyridines is 1. The Kier molecular flexibility index (Phi) is 6.12. The van der Waals surface area contributed by atoms with Gasteiger partial charge in [-0.2, -0.15) is 13.2 Å². The summed E-state index contributed by atoms with van der Waals surface area (Å²) in [5, 5.41) is 2.59.